The second-order valence-electron chi connectivity index (χ2n) is 5.52. The zero-order valence-corrected chi connectivity index (χ0v) is 11.1. The zero-order valence-electron chi connectivity index (χ0n) is 11.1. The van der Waals surface area contributed by atoms with Crippen LogP contribution in [0.15, 0.2) is 12.1 Å². The summed E-state index contributed by atoms with van der Waals surface area (Å²) in [6.45, 7) is 8.16. The van der Waals surface area contributed by atoms with Gasteiger partial charge in [-0.1, -0.05) is 6.92 Å². The van der Waals surface area contributed by atoms with Gasteiger partial charge in [0.15, 0.2) is 0 Å². The summed E-state index contributed by atoms with van der Waals surface area (Å²) >= 11 is 0. The lowest BCUT2D eigenvalue weighted by Crippen LogP contribution is -2.23. The summed E-state index contributed by atoms with van der Waals surface area (Å²) in [6.07, 6.45) is 3.63. The van der Waals surface area contributed by atoms with Crippen LogP contribution in [0.3, 0.4) is 0 Å². The Balaban J connectivity index is 2.18. The SMILES string of the molecule is CCc1cc(OC2CC2)cc(OC(C)(C)C)n1. The van der Waals surface area contributed by atoms with Gasteiger partial charge in [0.05, 0.1) is 6.10 Å². The Morgan fingerprint density at radius 1 is 1.29 bits per heavy atom. The molecule has 94 valence electrons. The largest absolute Gasteiger partial charge is 0.490 e. The molecule has 3 heteroatoms. The highest BCUT2D eigenvalue weighted by atomic mass is 16.5. The molecule has 0 radical (unpaired) electrons. The van der Waals surface area contributed by atoms with E-state index in [1.165, 1.54) is 12.8 Å². The molecule has 1 saturated carbocycles. The average Bonchev–Trinajstić information content (AvgIpc) is 2.98. The predicted octanol–water partition coefficient (Wildman–Crippen LogP) is 3.36. The topological polar surface area (TPSA) is 31.4 Å². The van der Waals surface area contributed by atoms with Crippen molar-refractivity contribution in [1.82, 2.24) is 4.98 Å². The van der Waals surface area contributed by atoms with E-state index in [0.717, 1.165) is 17.9 Å². The van der Waals surface area contributed by atoms with Gasteiger partial charge in [-0.05, 0) is 40.0 Å². The average molecular weight is 235 g/mol. The third kappa shape index (κ3) is 3.91. The maximum Gasteiger partial charge on any atom is 0.217 e. The van der Waals surface area contributed by atoms with E-state index in [-0.39, 0.29) is 5.60 Å². The molecular formula is C14H21NO2. The molecule has 1 fully saturated rings. The van der Waals surface area contributed by atoms with Gasteiger partial charge >= 0.3 is 0 Å². The van der Waals surface area contributed by atoms with Gasteiger partial charge in [-0.3, -0.25) is 0 Å². The van der Waals surface area contributed by atoms with Crippen molar-refractivity contribution < 1.29 is 9.47 Å². The molecule has 0 spiro atoms. The van der Waals surface area contributed by atoms with E-state index in [0.29, 0.717) is 12.0 Å². The summed E-state index contributed by atoms with van der Waals surface area (Å²) < 4.78 is 11.6. The van der Waals surface area contributed by atoms with Crippen molar-refractivity contribution in [3.63, 3.8) is 0 Å². The Kier molecular flexibility index (Phi) is 3.27. The van der Waals surface area contributed by atoms with Gasteiger partial charge < -0.3 is 9.47 Å². The van der Waals surface area contributed by atoms with Crippen LogP contribution in [0.25, 0.3) is 0 Å². The molecule has 2 rings (SSSR count). The summed E-state index contributed by atoms with van der Waals surface area (Å²) in [5, 5.41) is 0. The fourth-order valence-corrected chi connectivity index (χ4v) is 1.53. The molecule has 0 saturated heterocycles. The molecular weight excluding hydrogens is 214 g/mol. The minimum absolute atomic E-state index is 0.226. The van der Waals surface area contributed by atoms with E-state index < -0.39 is 0 Å². The molecule has 0 amide bonds. The molecule has 1 heterocycles. The molecule has 1 aromatic rings. The first-order chi connectivity index (χ1) is 7.96. The fourth-order valence-electron chi connectivity index (χ4n) is 1.53. The van der Waals surface area contributed by atoms with Crippen LogP contribution in [0.1, 0.15) is 46.2 Å². The molecule has 1 aromatic heterocycles. The molecule has 17 heavy (non-hydrogen) atoms. The Morgan fingerprint density at radius 3 is 2.53 bits per heavy atom. The van der Waals surface area contributed by atoms with Crippen molar-refractivity contribution in [2.45, 2.75) is 58.7 Å². The third-order valence-corrected chi connectivity index (χ3v) is 2.43. The van der Waals surface area contributed by atoms with Crippen molar-refractivity contribution in [2.24, 2.45) is 0 Å². The second kappa shape index (κ2) is 4.55. The van der Waals surface area contributed by atoms with E-state index in [1.54, 1.807) is 0 Å². The zero-order chi connectivity index (χ0) is 12.5. The highest BCUT2D eigenvalue weighted by Gasteiger charge is 2.24. The highest BCUT2D eigenvalue weighted by molar-refractivity contribution is 5.31. The molecule has 1 aliphatic rings. The van der Waals surface area contributed by atoms with Crippen LogP contribution < -0.4 is 9.47 Å². The number of pyridine rings is 1. The number of hydrogen-bond acceptors (Lipinski definition) is 3. The van der Waals surface area contributed by atoms with Gasteiger partial charge in [0.25, 0.3) is 0 Å². The summed E-state index contributed by atoms with van der Waals surface area (Å²) in [5.41, 5.74) is 0.790. The first-order valence-corrected chi connectivity index (χ1v) is 6.33. The molecule has 0 aliphatic heterocycles. The summed E-state index contributed by atoms with van der Waals surface area (Å²) in [7, 11) is 0. The smallest absolute Gasteiger partial charge is 0.217 e. The van der Waals surface area contributed by atoms with Gasteiger partial charge in [0.2, 0.25) is 5.88 Å². The Bertz CT molecular complexity index is 392. The second-order valence-corrected chi connectivity index (χ2v) is 5.52. The third-order valence-electron chi connectivity index (χ3n) is 2.43. The molecule has 0 unspecified atom stereocenters. The number of ether oxygens (including phenoxy) is 2. The van der Waals surface area contributed by atoms with Gasteiger partial charge in [0, 0.05) is 17.8 Å². The quantitative estimate of drug-likeness (QED) is 0.802. The number of hydrogen-bond donors (Lipinski definition) is 0. The summed E-state index contributed by atoms with van der Waals surface area (Å²) in [6, 6.07) is 3.90. The normalized spacial score (nSPS) is 15.8. The van der Waals surface area contributed by atoms with Gasteiger partial charge in [-0.15, -0.1) is 0 Å². The van der Waals surface area contributed by atoms with Crippen molar-refractivity contribution in [3.05, 3.63) is 17.8 Å². The van der Waals surface area contributed by atoms with Crippen molar-refractivity contribution in [1.29, 1.82) is 0 Å². The minimum Gasteiger partial charge on any atom is -0.490 e. The predicted molar refractivity (Wildman–Crippen MR) is 67.6 cm³/mol. The van der Waals surface area contributed by atoms with Crippen LogP contribution in [0, 0.1) is 0 Å². The lowest BCUT2D eigenvalue weighted by atomic mass is 10.2. The van der Waals surface area contributed by atoms with Gasteiger partial charge in [0.1, 0.15) is 11.4 Å². The number of aryl methyl sites for hydroxylation is 1. The van der Waals surface area contributed by atoms with E-state index >= 15 is 0 Å². The van der Waals surface area contributed by atoms with Crippen LogP contribution in [-0.2, 0) is 6.42 Å². The Morgan fingerprint density at radius 2 is 2.00 bits per heavy atom. The molecule has 0 atom stereocenters. The minimum atomic E-state index is -0.226. The van der Waals surface area contributed by atoms with Crippen LogP contribution in [0.2, 0.25) is 0 Å². The number of nitrogens with zero attached hydrogens (tertiary/aromatic N) is 1. The van der Waals surface area contributed by atoms with Crippen LogP contribution in [-0.4, -0.2) is 16.7 Å². The molecule has 0 aromatic carbocycles. The Labute approximate surface area is 103 Å². The van der Waals surface area contributed by atoms with E-state index in [4.69, 9.17) is 9.47 Å². The molecule has 1 aliphatic carbocycles. The van der Waals surface area contributed by atoms with Crippen molar-refractivity contribution in [2.75, 3.05) is 0 Å². The van der Waals surface area contributed by atoms with E-state index in [1.807, 2.05) is 32.9 Å². The summed E-state index contributed by atoms with van der Waals surface area (Å²) in [4.78, 5) is 4.46. The first kappa shape index (κ1) is 12.2. The fraction of sp³-hybridized carbons (Fsp3) is 0.643. The summed E-state index contributed by atoms with van der Waals surface area (Å²) in [5.74, 6) is 1.55. The van der Waals surface area contributed by atoms with Crippen molar-refractivity contribution in [3.8, 4) is 11.6 Å². The lowest BCUT2D eigenvalue weighted by molar-refractivity contribution is 0.123. The van der Waals surface area contributed by atoms with Gasteiger partial charge in [-0.2, -0.15) is 0 Å². The van der Waals surface area contributed by atoms with E-state index in [9.17, 15) is 0 Å². The van der Waals surface area contributed by atoms with Crippen molar-refractivity contribution >= 4 is 0 Å². The van der Waals surface area contributed by atoms with E-state index in [2.05, 4.69) is 11.9 Å². The number of rotatable bonds is 4. The first-order valence-electron chi connectivity index (χ1n) is 6.33. The monoisotopic (exact) mass is 235 g/mol. The highest BCUT2D eigenvalue weighted by Crippen LogP contribution is 2.29. The van der Waals surface area contributed by atoms with Crippen LogP contribution >= 0.6 is 0 Å². The standard InChI is InChI=1S/C14H21NO2/c1-5-10-8-12(16-11-6-7-11)9-13(15-10)17-14(2,3)4/h8-9,11H,5-7H2,1-4H3. The van der Waals surface area contributed by atoms with Crippen LogP contribution in [0.4, 0.5) is 0 Å². The van der Waals surface area contributed by atoms with Crippen LogP contribution in [0.5, 0.6) is 11.6 Å². The maximum absolute atomic E-state index is 5.80. The molecule has 0 N–H and O–H groups in total. The maximum atomic E-state index is 5.80. The number of aromatic nitrogens is 1. The lowest BCUT2D eigenvalue weighted by Gasteiger charge is -2.21. The Hall–Kier alpha value is -1.25. The van der Waals surface area contributed by atoms with Gasteiger partial charge in [-0.25, -0.2) is 4.98 Å². The molecule has 3 nitrogen and oxygen atoms in total. The molecule has 0 bridgehead atoms.